The summed E-state index contributed by atoms with van der Waals surface area (Å²) in [7, 11) is 0. The molecule has 0 unspecified atom stereocenters. The van der Waals surface area contributed by atoms with Crippen molar-refractivity contribution in [1.29, 1.82) is 0 Å². The van der Waals surface area contributed by atoms with Gasteiger partial charge < -0.3 is 14.2 Å². The van der Waals surface area contributed by atoms with Crippen molar-refractivity contribution in [3.05, 3.63) is 73.1 Å². The van der Waals surface area contributed by atoms with E-state index >= 15 is 0 Å². The molecule has 2 aromatic carbocycles. The number of carbonyl (C=O) groups excluding carboxylic acids is 1. The van der Waals surface area contributed by atoms with Gasteiger partial charge in [-0.15, -0.1) is 0 Å². The van der Waals surface area contributed by atoms with Crippen LogP contribution >= 0.6 is 0 Å². The van der Waals surface area contributed by atoms with Crippen molar-refractivity contribution in [3.63, 3.8) is 0 Å². The maximum atomic E-state index is 12.4. The zero-order valence-electron chi connectivity index (χ0n) is 15.9. The molecule has 0 aliphatic carbocycles. The minimum absolute atomic E-state index is 0.0647. The summed E-state index contributed by atoms with van der Waals surface area (Å²) in [6.07, 6.45) is 5.92. The maximum Gasteiger partial charge on any atom is 0.260 e. The number of benzene rings is 2. The number of piperidine rings is 1. The minimum atomic E-state index is 0.0647. The van der Waals surface area contributed by atoms with Crippen molar-refractivity contribution in [1.82, 2.24) is 14.5 Å². The van der Waals surface area contributed by atoms with E-state index in [1.807, 2.05) is 65.8 Å². The molecule has 5 nitrogen and oxygen atoms in total. The lowest BCUT2D eigenvalue weighted by Crippen LogP contribution is -2.41. The lowest BCUT2D eigenvalue weighted by atomic mass is 9.96. The molecule has 1 saturated heterocycles. The van der Waals surface area contributed by atoms with Crippen LogP contribution in [0, 0.1) is 5.92 Å². The molecule has 4 rings (SSSR count). The fourth-order valence-electron chi connectivity index (χ4n) is 3.70. The highest BCUT2D eigenvalue weighted by Gasteiger charge is 2.24. The molecule has 0 radical (unpaired) electrons. The van der Waals surface area contributed by atoms with E-state index in [0.717, 1.165) is 49.6 Å². The standard InChI is InChI=1S/C23H25N3O2/c27-22(18-28-21-9-5-2-6-10-21)25-14-11-19(12-15-25)17-26-16-13-24-23(26)20-7-3-1-4-8-20/h1-10,13,16,19H,11-12,14-15,17-18H2. The summed E-state index contributed by atoms with van der Waals surface area (Å²) in [6.45, 7) is 2.62. The molecule has 3 aromatic rings. The van der Waals surface area contributed by atoms with Crippen molar-refractivity contribution in [3.8, 4) is 17.1 Å². The number of likely N-dealkylation sites (tertiary alicyclic amines) is 1. The highest BCUT2D eigenvalue weighted by Crippen LogP contribution is 2.23. The Hall–Kier alpha value is -3.08. The van der Waals surface area contributed by atoms with Crippen LogP contribution in [0.3, 0.4) is 0 Å². The maximum absolute atomic E-state index is 12.4. The number of nitrogens with zero attached hydrogens (tertiary/aromatic N) is 3. The molecular weight excluding hydrogens is 350 g/mol. The predicted molar refractivity (Wildman–Crippen MR) is 109 cm³/mol. The average molecular weight is 375 g/mol. The van der Waals surface area contributed by atoms with Crippen LogP contribution in [0.15, 0.2) is 73.1 Å². The molecule has 0 spiro atoms. The number of carbonyl (C=O) groups is 1. The monoisotopic (exact) mass is 375 g/mol. The van der Waals surface area contributed by atoms with Gasteiger partial charge in [-0.1, -0.05) is 48.5 Å². The summed E-state index contributed by atoms with van der Waals surface area (Å²) in [4.78, 5) is 18.9. The fourth-order valence-corrected chi connectivity index (χ4v) is 3.70. The van der Waals surface area contributed by atoms with E-state index in [1.54, 1.807) is 0 Å². The van der Waals surface area contributed by atoms with Gasteiger partial charge in [-0.3, -0.25) is 4.79 Å². The molecule has 144 valence electrons. The molecule has 0 N–H and O–H groups in total. The van der Waals surface area contributed by atoms with E-state index in [4.69, 9.17) is 4.74 Å². The number of amides is 1. The summed E-state index contributed by atoms with van der Waals surface area (Å²) >= 11 is 0. The van der Waals surface area contributed by atoms with E-state index in [1.165, 1.54) is 0 Å². The molecule has 1 aliphatic heterocycles. The second kappa shape index (κ2) is 8.74. The highest BCUT2D eigenvalue weighted by molar-refractivity contribution is 5.77. The molecule has 1 aromatic heterocycles. The zero-order valence-corrected chi connectivity index (χ0v) is 15.9. The molecule has 0 bridgehead atoms. The van der Waals surface area contributed by atoms with Gasteiger partial charge in [0.15, 0.2) is 6.61 Å². The van der Waals surface area contributed by atoms with E-state index in [9.17, 15) is 4.79 Å². The number of imidazole rings is 1. The molecular formula is C23H25N3O2. The van der Waals surface area contributed by atoms with E-state index < -0.39 is 0 Å². The first kappa shape index (κ1) is 18.3. The van der Waals surface area contributed by atoms with Crippen LogP contribution in [0.4, 0.5) is 0 Å². The van der Waals surface area contributed by atoms with Crippen LogP contribution in [0.25, 0.3) is 11.4 Å². The summed E-state index contributed by atoms with van der Waals surface area (Å²) in [6, 6.07) is 19.8. The molecule has 28 heavy (non-hydrogen) atoms. The van der Waals surface area contributed by atoms with Crippen LogP contribution in [0.1, 0.15) is 12.8 Å². The van der Waals surface area contributed by atoms with E-state index in [2.05, 4.69) is 21.7 Å². The van der Waals surface area contributed by atoms with E-state index in [-0.39, 0.29) is 12.5 Å². The summed E-state index contributed by atoms with van der Waals surface area (Å²) in [5.74, 6) is 2.36. The largest absolute Gasteiger partial charge is 0.484 e. The van der Waals surface area contributed by atoms with Crippen LogP contribution in [-0.2, 0) is 11.3 Å². The van der Waals surface area contributed by atoms with Crippen molar-refractivity contribution in [2.45, 2.75) is 19.4 Å². The second-order valence-electron chi connectivity index (χ2n) is 7.20. The third kappa shape index (κ3) is 4.42. The van der Waals surface area contributed by atoms with Gasteiger partial charge in [-0.05, 0) is 30.9 Å². The van der Waals surface area contributed by atoms with Gasteiger partial charge in [0.1, 0.15) is 11.6 Å². The minimum Gasteiger partial charge on any atom is -0.484 e. The Balaban J connectivity index is 1.28. The van der Waals surface area contributed by atoms with E-state index in [0.29, 0.717) is 5.92 Å². The number of aromatic nitrogens is 2. The van der Waals surface area contributed by atoms with Crippen LogP contribution in [0.2, 0.25) is 0 Å². The van der Waals surface area contributed by atoms with Gasteiger partial charge in [0, 0.05) is 37.6 Å². The Morgan fingerprint density at radius 1 is 1.00 bits per heavy atom. The first-order chi connectivity index (χ1) is 13.8. The fraction of sp³-hybridized carbons (Fsp3) is 0.304. The van der Waals surface area contributed by atoms with Crippen LogP contribution < -0.4 is 4.74 Å². The Bertz CT molecular complexity index is 884. The average Bonchev–Trinajstić information content (AvgIpc) is 3.22. The normalized spacial score (nSPS) is 14.8. The van der Waals surface area contributed by atoms with Crippen LogP contribution in [0.5, 0.6) is 5.75 Å². The SMILES string of the molecule is O=C(COc1ccccc1)N1CCC(Cn2ccnc2-c2ccccc2)CC1. The Labute approximate surface area is 165 Å². The molecule has 1 fully saturated rings. The van der Waals surface area contributed by atoms with Crippen molar-refractivity contribution in [2.75, 3.05) is 19.7 Å². The first-order valence-corrected chi connectivity index (χ1v) is 9.82. The highest BCUT2D eigenvalue weighted by atomic mass is 16.5. The predicted octanol–water partition coefficient (Wildman–Crippen LogP) is 3.87. The summed E-state index contributed by atoms with van der Waals surface area (Å²) in [5, 5.41) is 0. The van der Waals surface area contributed by atoms with Crippen LogP contribution in [-0.4, -0.2) is 40.1 Å². The Kier molecular flexibility index (Phi) is 5.71. The summed E-state index contributed by atoms with van der Waals surface area (Å²) in [5.41, 5.74) is 1.14. The van der Waals surface area contributed by atoms with Gasteiger partial charge >= 0.3 is 0 Å². The number of rotatable bonds is 6. The summed E-state index contributed by atoms with van der Waals surface area (Å²) < 4.78 is 7.83. The molecule has 5 heteroatoms. The van der Waals surface area contributed by atoms with Crippen molar-refractivity contribution >= 4 is 5.91 Å². The molecule has 1 aliphatic rings. The smallest absolute Gasteiger partial charge is 0.260 e. The van der Waals surface area contributed by atoms with Gasteiger partial charge in [-0.25, -0.2) is 4.98 Å². The molecule has 0 saturated carbocycles. The lowest BCUT2D eigenvalue weighted by molar-refractivity contribution is -0.134. The van der Waals surface area contributed by atoms with Gasteiger partial charge in [0.2, 0.25) is 0 Å². The number of ether oxygens (including phenoxy) is 1. The second-order valence-corrected chi connectivity index (χ2v) is 7.20. The third-order valence-electron chi connectivity index (χ3n) is 5.28. The zero-order chi connectivity index (χ0) is 19.2. The Morgan fingerprint density at radius 3 is 2.39 bits per heavy atom. The van der Waals surface area contributed by atoms with Gasteiger partial charge in [0.25, 0.3) is 5.91 Å². The number of para-hydroxylation sites is 1. The molecule has 1 amide bonds. The van der Waals surface area contributed by atoms with Gasteiger partial charge in [-0.2, -0.15) is 0 Å². The quantitative estimate of drug-likeness (QED) is 0.657. The lowest BCUT2D eigenvalue weighted by Gasteiger charge is -2.32. The van der Waals surface area contributed by atoms with Crippen molar-refractivity contribution in [2.24, 2.45) is 5.92 Å². The van der Waals surface area contributed by atoms with Crippen molar-refractivity contribution < 1.29 is 9.53 Å². The topological polar surface area (TPSA) is 47.4 Å². The third-order valence-corrected chi connectivity index (χ3v) is 5.28. The Morgan fingerprint density at radius 2 is 1.68 bits per heavy atom. The molecule has 2 heterocycles. The van der Waals surface area contributed by atoms with Gasteiger partial charge in [0.05, 0.1) is 0 Å². The number of hydrogen-bond acceptors (Lipinski definition) is 3. The molecule has 0 atom stereocenters. The first-order valence-electron chi connectivity index (χ1n) is 9.82. The number of hydrogen-bond donors (Lipinski definition) is 0.